The maximum absolute atomic E-state index is 11.2. The summed E-state index contributed by atoms with van der Waals surface area (Å²) >= 11 is 0. The van der Waals surface area contributed by atoms with Crippen molar-refractivity contribution in [3.8, 4) is 0 Å². The molecule has 0 atom stereocenters. The van der Waals surface area contributed by atoms with E-state index in [1.165, 1.54) is 18.9 Å². The van der Waals surface area contributed by atoms with E-state index in [1.807, 2.05) is 7.05 Å². The van der Waals surface area contributed by atoms with E-state index in [4.69, 9.17) is 10.9 Å². The SMILES string of the molecule is CN(c1ccc(S(N)(=O)=O)c(N)c1)C1CC1. The van der Waals surface area contributed by atoms with Gasteiger partial charge in [0.2, 0.25) is 10.0 Å². The minimum absolute atomic E-state index is 0.0135. The Kier molecular flexibility index (Phi) is 2.55. The molecule has 88 valence electrons. The Bertz CT molecular complexity index is 509. The van der Waals surface area contributed by atoms with Crippen LogP contribution >= 0.6 is 0 Å². The Hall–Kier alpha value is -1.27. The van der Waals surface area contributed by atoms with E-state index in [0.29, 0.717) is 6.04 Å². The predicted molar refractivity (Wildman–Crippen MR) is 63.7 cm³/mol. The van der Waals surface area contributed by atoms with Gasteiger partial charge >= 0.3 is 0 Å². The third-order valence-electron chi connectivity index (χ3n) is 2.80. The lowest BCUT2D eigenvalue weighted by Crippen LogP contribution is -2.20. The normalized spacial score (nSPS) is 16.1. The Morgan fingerprint density at radius 2 is 2.00 bits per heavy atom. The van der Waals surface area contributed by atoms with Crippen molar-refractivity contribution in [1.29, 1.82) is 0 Å². The minimum Gasteiger partial charge on any atom is -0.398 e. The summed E-state index contributed by atoms with van der Waals surface area (Å²) < 4.78 is 22.3. The smallest absolute Gasteiger partial charge is 0.240 e. The van der Waals surface area contributed by atoms with Gasteiger partial charge in [-0.25, -0.2) is 13.6 Å². The molecule has 0 amide bonds. The van der Waals surface area contributed by atoms with Crippen LogP contribution in [-0.4, -0.2) is 21.5 Å². The zero-order valence-corrected chi connectivity index (χ0v) is 9.87. The van der Waals surface area contributed by atoms with Crippen molar-refractivity contribution < 1.29 is 8.42 Å². The minimum atomic E-state index is -3.72. The van der Waals surface area contributed by atoms with Gasteiger partial charge in [-0.2, -0.15) is 0 Å². The average molecular weight is 241 g/mol. The fourth-order valence-electron chi connectivity index (χ4n) is 1.69. The summed E-state index contributed by atoms with van der Waals surface area (Å²) in [6.07, 6.45) is 2.35. The molecule has 2 rings (SSSR count). The van der Waals surface area contributed by atoms with E-state index >= 15 is 0 Å². The monoisotopic (exact) mass is 241 g/mol. The number of rotatable bonds is 3. The van der Waals surface area contributed by atoms with Crippen molar-refractivity contribution in [2.75, 3.05) is 17.7 Å². The molecule has 6 heteroatoms. The van der Waals surface area contributed by atoms with Gasteiger partial charge in [0, 0.05) is 18.8 Å². The molecule has 4 N–H and O–H groups in total. The second-order valence-electron chi connectivity index (χ2n) is 4.11. The number of nitrogen functional groups attached to an aromatic ring is 1. The van der Waals surface area contributed by atoms with E-state index < -0.39 is 10.0 Å². The van der Waals surface area contributed by atoms with E-state index in [2.05, 4.69) is 4.90 Å². The number of hydrogen-bond donors (Lipinski definition) is 2. The largest absolute Gasteiger partial charge is 0.398 e. The Morgan fingerprint density at radius 3 is 2.44 bits per heavy atom. The molecule has 0 bridgehead atoms. The number of benzene rings is 1. The number of anilines is 2. The molecule has 0 aromatic heterocycles. The van der Waals surface area contributed by atoms with Crippen LogP contribution in [0.4, 0.5) is 11.4 Å². The van der Waals surface area contributed by atoms with Gasteiger partial charge in [0.25, 0.3) is 0 Å². The maximum Gasteiger partial charge on any atom is 0.240 e. The number of nitrogens with two attached hydrogens (primary N) is 2. The summed E-state index contributed by atoms with van der Waals surface area (Å²) in [6.45, 7) is 0. The van der Waals surface area contributed by atoms with Gasteiger partial charge in [0.1, 0.15) is 4.90 Å². The highest BCUT2D eigenvalue weighted by atomic mass is 32.2. The van der Waals surface area contributed by atoms with Gasteiger partial charge in [0.05, 0.1) is 5.69 Å². The van der Waals surface area contributed by atoms with Crippen LogP contribution < -0.4 is 15.8 Å². The summed E-state index contributed by atoms with van der Waals surface area (Å²) in [4.78, 5) is 2.09. The lowest BCUT2D eigenvalue weighted by atomic mass is 10.2. The van der Waals surface area contributed by atoms with E-state index in [-0.39, 0.29) is 10.6 Å². The lowest BCUT2D eigenvalue weighted by Gasteiger charge is -2.19. The molecule has 1 aliphatic carbocycles. The number of primary sulfonamides is 1. The molecule has 1 aromatic rings. The Labute approximate surface area is 95.1 Å². The van der Waals surface area contributed by atoms with Crippen LogP contribution in [0.5, 0.6) is 0 Å². The molecule has 0 heterocycles. The first kappa shape index (κ1) is 11.2. The van der Waals surface area contributed by atoms with Crippen LogP contribution in [0.15, 0.2) is 23.1 Å². The molecule has 0 radical (unpaired) electrons. The molecule has 0 saturated heterocycles. The highest BCUT2D eigenvalue weighted by Crippen LogP contribution is 2.32. The van der Waals surface area contributed by atoms with Gasteiger partial charge in [-0.15, -0.1) is 0 Å². The first-order chi connectivity index (χ1) is 7.39. The Morgan fingerprint density at radius 1 is 1.38 bits per heavy atom. The van der Waals surface area contributed by atoms with Crippen LogP contribution in [0.25, 0.3) is 0 Å². The Balaban J connectivity index is 2.36. The van der Waals surface area contributed by atoms with Crippen LogP contribution in [-0.2, 0) is 10.0 Å². The molecule has 1 aromatic carbocycles. The number of nitrogens with zero attached hydrogens (tertiary/aromatic N) is 1. The molecule has 16 heavy (non-hydrogen) atoms. The third-order valence-corrected chi connectivity index (χ3v) is 3.79. The van der Waals surface area contributed by atoms with Crippen molar-refractivity contribution in [3.63, 3.8) is 0 Å². The predicted octanol–water partition coefficient (Wildman–Crippen LogP) is 0.515. The zero-order valence-electron chi connectivity index (χ0n) is 9.05. The van der Waals surface area contributed by atoms with Gasteiger partial charge in [-0.1, -0.05) is 0 Å². The molecule has 1 fully saturated rings. The van der Waals surface area contributed by atoms with Crippen LogP contribution in [0.1, 0.15) is 12.8 Å². The van der Waals surface area contributed by atoms with Crippen LogP contribution in [0, 0.1) is 0 Å². The molecular weight excluding hydrogens is 226 g/mol. The van der Waals surface area contributed by atoms with Crippen molar-refractivity contribution in [2.45, 2.75) is 23.8 Å². The molecule has 1 aliphatic rings. The second kappa shape index (κ2) is 3.64. The summed E-state index contributed by atoms with van der Waals surface area (Å²) in [5, 5.41) is 5.03. The number of sulfonamides is 1. The summed E-state index contributed by atoms with van der Waals surface area (Å²) in [7, 11) is -1.75. The molecule has 0 aliphatic heterocycles. The summed E-state index contributed by atoms with van der Waals surface area (Å²) in [5.74, 6) is 0. The van der Waals surface area contributed by atoms with Gasteiger partial charge in [-0.3, -0.25) is 0 Å². The summed E-state index contributed by atoms with van der Waals surface area (Å²) in [5.41, 5.74) is 6.80. The van der Waals surface area contributed by atoms with Gasteiger partial charge in [-0.05, 0) is 31.0 Å². The first-order valence-corrected chi connectivity index (χ1v) is 6.59. The standard InChI is InChI=1S/C10H15N3O2S/c1-13(7-2-3-7)8-4-5-10(9(11)6-8)16(12,14)15/h4-7H,2-3,11H2,1H3,(H2,12,14,15). The highest BCUT2D eigenvalue weighted by Gasteiger charge is 2.26. The fourth-order valence-corrected chi connectivity index (χ4v) is 2.33. The quantitative estimate of drug-likeness (QED) is 0.755. The van der Waals surface area contributed by atoms with E-state index in [1.54, 1.807) is 12.1 Å². The van der Waals surface area contributed by atoms with Crippen molar-refractivity contribution in [1.82, 2.24) is 0 Å². The fraction of sp³-hybridized carbons (Fsp3) is 0.400. The molecule has 0 unspecified atom stereocenters. The highest BCUT2D eigenvalue weighted by molar-refractivity contribution is 7.89. The molecule has 0 spiro atoms. The lowest BCUT2D eigenvalue weighted by molar-refractivity contribution is 0.598. The van der Waals surface area contributed by atoms with E-state index in [9.17, 15) is 8.42 Å². The maximum atomic E-state index is 11.2. The van der Waals surface area contributed by atoms with Gasteiger partial charge in [0.15, 0.2) is 0 Å². The van der Waals surface area contributed by atoms with Crippen molar-refractivity contribution in [2.24, 2.45) is 5.14 Å². The topological polar surface area (TPSA) is 89.4 Å². The van der Waals surface area contributed by atoms with Crippen molar-refractivity contribution >= 4 is 21.4 Å². The van der Waals surface area contributed by atoms with Crippen LogP contribution in [0.3, 0.4) is 0 Å². The van der Waals surface area contributed by atoms with Gasteiger partial charge < -0.3 is 10.6 Å². The number of hydrogen-bond acceptors (Lipinski definition) is 4. The van der Waals surface area contributed by atoms with Crippen LogP contribution in [0.2, 0.25) is 0 Å². The molecule has 1 saturated carbocycles. The summed E-state index contributed by atoms with van der Waals surface area (Å²) in [6, 6.07) is 5.39. The third kappa shape index (κ3) is 2.12. The molecular formula is C10H15N3O2S. The average Bonchev–Trinajstić information content (AvgIpc) is 2.97. The molecule has 5 nitrogen and oxygen atoms in total. The zero-order chi connectivity index (χ0) is 11.9. The van der Waals surface area contributed by atoms with E-state index in [0.717, 1.165) is 5.69 Å². The first-order valence-electron chi connectivity index (χ1n) is 5.05. The second-order valence-corrected chi connectivity index (χ2v) is 5.64. The van der Waals surface area contributed by atoms with Crippen molar-refractivity contribution in [3.05, 3.63) is 18.2 Å².